The third-order valence-electron chi connectivity index (χ3n) is 4.32. The van der Waals surface area contributed by atoms with E-state index in [0.717, 1.165) is 11.3 Å². The van der Waals surface area contributed by atoms with Crippen LogP contribution < -0.4 is 10.9 Å². The normalized spacial score (nSPS) is 15.4. The maximum absolute atomic E-state index is 13.2. The van der Waals surface area contributed by atoms with Gasteiger partial charge in [-0.15, -0.1) is 0 Å². The molecule has 6 heteroatoms. The molecular weight excluding hydrogens is 319 g/mol. The SMILES string of the molecule is CC(C)C1Nc2ccccc2-c2nc(=O)c(-c3ccc(F)cc3)nn21. The van der Waals surface area contributed by atoms with E-state index in [-0.39, 0.29) is 23.6 Å². The van der Waals surface area contributed by atoms with Gasteiger partial charge in [-0.3, -0.25) is 4.79 Å². The van der Waals surface area contributed by atoms with Crippen molar-refractivity contribution in [2.75, 3.05) is 5.32 Å². The average Bonchev–Trinajstić information content (AvgIpc) is 2.61. The van der Waals surface area contributed by atoms with Crippen molar-refractivity contribution in [1.82, 2.24) is 14.8 Å². The maximum atomic E-state index is 13.2. The first-order valence-corrected chi connectivity index (χ1v) is 8.17. The van der Waals surface area contributed by atoms with Gasteiger partial charge in [0.05, 0.1) is 0 Å². The molecular formula is C19H17FN4O. The van der Waals surface area contributed by atoms with E-state index >= 15 is 0 Å². The molecule has 0 saturated carbocycles. The van der Waals surface area contributed by atoms with E-state index in [1.54, 1.807) is 16.8 Å². The molecule has 25 heavy (non-hydrogen) atoms. The molecule has 0 aliphatic carbocycles. The van der Waals surface area contributed by atoms with Gasteiger partial charge in [0.15, 0.2) is 11.5 Å². The summed E-state index contributed by atoms with van der Waals surface area (Å²) in [6.45, 7) is 4.15. The van der Waals surface area contributed by atoms with Crippen molar-refractivity contribution >= 4 is 5.69 Å². The van der Waals surface area contributed by atoms with Gasteiger partial charge in [-0.2, -0.15) is 10.1 Å². The lowest BCUT2D eigenvalue weighted by Crippen LogP contribution is -2.34. The molecule has 1 atom stereocenters. The van der Waals surface area contributed by atoms with Crippen LogP contribution in [0.4, 0.5) is 10.1 Å². The number of rotatable bonds is 2. The van der Waals surface area contributed by atoms with Gasteiger partial charge in [-0.1, -0.05) is 26.0 Å². The lowest BCUT2D eigenvalue weighted by molar-refractivity contribution is 0.376. The second-order valence-electron chi connectivity index (χ2n) is 6.42. The van der Waals surface area contributed by atoms with Crippen LogP contribution in [0.25, 0.3) is 22.6 Å². The van der Waals surface area contributed by atoms with Crippen molar-refractivity contribution in [2.24, 2.45) is 5.92 Å². The van der Waals surface area contributed by atoms with Crippen molar-refractivity contribution in [3.63, 3.8) is 0 Å². The Labute approximate surface area is 144 Å². The highest BCUT2D eigenvalue weighted by molar-refractivity contribution is 5.76. The van der Waals surface area contributed by atoms with Crippen molar-refractivity contribution in [3.05, 3.63) is 64.7 Å². The van der Waals surface area contributed by atoms with Crippen LogP contribution in [0.1, 0.15) is 20.0 Å². The van der Waals surface area contributed by atoms with Gasteiger partial charge in [0.25, 0.3) is 5.56 Å². The number of hydrogen-bond donors (Lipinski definition) is 1. The lowest BCUT2D eigenvalue weighted by atomic mass is 10.0. The van der Waals surface area contributed by atoms with Crippen LogP contribution in [-0.2, 0) is 0 Å². The molecule has 1 aromatic heterocycles. The van der Waals surface area contributed by atoms with Crippen LogP contribution in [0.3, 0.4) is 0 Å². The summed E-state index contributed by atoms with van der Waals surface area (Å²) in [5, 5.41) is 8.03. The number of para-hydroxylation sites is 1. The molecule has 0 saturated heterocycles. The van der Waals surface area contributed by atoms with Crippen LogP contribution >= 0.6 is 0 Å². The fourth-order valence-electron chi connectivity index (χ4n) is 3.04. The van der Waals surface area contributed by atoms with E-state index in [0.29, 0.717) is 11.4 Å². The number of hydrogen-bond acceptors (Lipinski definition) is 4. The zero-order valence-corrected chi connectivity index (χ0v) is 13.9. The van der Waals surface area contributed by atoms with E-state index in [1.807, 2.05) is 24.3 Å². The molecule has 4 rings (SSSR count). The summed E-state index contributed by atoms with van der Waals surface area (Å²) in [5.74, 6) is 0.416. The molecule has 126 valence electrons. The van der Waals surface area contributed by atoms with E-state index in [1.165, 1.54) is 12.1 Å². The summed E-state index contributed by atoms with van der Waals surface area (Å²) >= 11 is 0. The number of nitrogens with one attached hydrogen (secondary N) is 1. The van der Waals surface area contributed by atoms with E-state index < -0.39 is 5.56 Å². The highest BCUT2D eigenvalue weighted by Gasteiger charge is 2.28. The Morgan fingerprint density at radius 2 is 1.84 bits per heavy atom. The zero-order chi connectivity index (χ0) is 17.6. The van der Waals surface area contributed by atoms with Crippen LogP contribution in [0.2, 0.25) is 0 Å². The zero-order valence-electron chi connectivity index (χ0n) is 13.9. The Bertz CT molecular complexity index is 995. The molecule has 2 aromatic carbocycles. The number of anilines is 1. The Morgan fingerprint density at radius 3 is 2.56 bits per heavy atom. The topological polar surface area (TPSA) is 59.8 Å². The molecule has 1 aliphatic rings. The van der Waals surface area contributed by atoms with Crippen LogP contribution in [0.15, 0.2) is 53.3 Å². The lowest BCUT2D eigenvalue weighted by Gasteiger charge is -2.32. The molecule has 1 N–H and O–H groups in total. The summed E-state index contributed by atoms with van der Waals surface area (Å²) in [6, 6.07) is 13.4. The molecule has 0 radical (unpaired) electrons. The third-order valence-corrected chi connectivity index (χ3v) is 4.32. The second-order valence-corrected chi connectivity index (χ2v) is 6.42. The third kappa shape index (κ3) is 2.59. The van der Waals surface area contributed by atoms with Crippen LogP contribution in [0.5, 0.6) is 0 Å². The van der Waals surface area contributed by atoms with Gasteiger partial charge in [0.1, 0.15) is 12.0 Å². The Hall–Kier alpha value is -3.02. The summed E-state index contributed by atoms with van der Waals surface area (Å²) in [7, 11) is 0. The smallest absolute Gasteiger partial charge is 0.300 e. The molecule has 3 aromatic rings. The molecule has 0 spiro atoms. The number of halogens is 1. The molecule has 1 unspecified atom stereocenters. The van der Waals surface area contributed by atoms with Gasteiger partial charge in [-0.25, -0.2) is 9.07 Å². The average molecular weight is 336 g/mol. The number of fused-ring (bicyclic) bond motifs is 3. The Balaban J connectivity index is 1.95. The molecule has 0 amide bonds. The number of aromatic nitrogens is 3. The molecule has 2 heterocycles. The van der Waals surface area contributed by atoms with Crippen molar-refractivity contribution in [1.29, 1.82) is 0 Å². The predicted molar refractivity (Wildman–Crippen MR) is 94.6 cm³/mol. The monoisotopic (exact) mass is 336 g/mol. The quantitative estimate of drug-likeness (QED) is 0.775. The minimum Gasteiger partial charge on any atom is -0.363 e. The summed E-state index contributed by atoms with van der Waals surface area (Å²) in [5.41, 5.74) is 2.13. The fraction of sp³-hybridized carbons (Fsp3) is 0.211. The first-order valence-electron chi connectivity index (χ1n) is 8.17. The van der Waals surface area contributed by atoms with Crippen LogP contribution in [0, 0.1) is 11.7 Å². The minimum absolute atomic E-state index is 0.128. The van der Waals surface area contributed by atoms with Gasteiger partial charge in [0.2, 0.25) is 0 Å². The van der Waals surface area contributed by atoms with Crippen LogP contribution in [-0.4, -0.2) is 14.8 Å². The first kappa shape index (κ1) is 15.5. The van der Waals surface area contributed by atoms with Gasteiger partial charge >= 0.3 is 0 Å². The number of nitrogens with zero attached hydrogens (tertiary/aromatic N) is 3. The van der Waals surface area contributed by atoms with Crippen molar-refractivity contribution in [2.45, 2.75) is 20.0 Å². The number of benzene rings is 2. The summed E-state index contributed by atoms with van der Waals surface area (Å²) in [6.07, 6.45) is -0.128. The Morgan fingerprint density at radius 1 is 1.12 bits per heavy atom. The van der Waals surface area contributed by atoms with Crippen molar-refractivity contribution < 1.29 is 4.39 Å². The summed E-state index contributed by atoms with van der Waals surface area (Å²) in [4.78, 5) is 16.9. The van der Waals surface area contributed by atoms with Gasteiger partial charge in [-0.05, 0) is 42.3 Å². The van der Waals surface area contributed by atoms with Crippen molar-refractivity contribution in [3.8, 4) is 22.6 Å². The maximum Gasteiger partial charge on any atom is 0.300 e. The van der Waals surface area contributed by atoms with E-state index in [2.05, 4.69) is 29.2 Å². The predicted octanol–water partition coefficient (Wildman–Crippen LogP) is 3.69. The van der Waals surface area contributed by atoms with E-state index in [9.17, 15) is 9.18 Å². The largest absolute Gasteiger partial charge is 0.363 e. The molecule has 0 fully saturated rings. The first-order chi connectivity index (χ1) is 12.0. The fourth-order valence-corrected chi connectivity index (χ4v) is 3.04. The molecule has 5 nitrogen and oxygen atoms in total. The highest BCUT2D eigenvalue weighted by atomic mass is 19.1. The standard InChI is InChI=1S/C19H17FN4O/c1-11(2)17-21-15-6-4-3-5-14(15)18-22-19(25)16(23-24(17)18)12-7-9-13(20)10-8-12/h3-11,17,21H,1-2H3. The van der Waals surface area contributed by atoms with Gasteiger partial charge in [0, 0.05) is 16.8 Å². The van der Waals surface area contributed by atoms with Gasteiger partial charge < -0.3 is 5.32 Å². The molecule has 1 aliphatic heterocycles. The second kappa shape index (κ2) is 5.81. The molecule has 0 bridgehead atoms. The Kier molecular flexibility index (Phi) is 3.60. The minimum atomic E-state index is -0.419. The highest BCUT2D eigenvalue weighted by Crippen LogP contribution is 2.36. The summed E-state index contributed by atoms with van der Waals surface area (Å²) < 4.78 is 14.9. The van der Waals surface area contributed by atoms with E-state index in [4.69, 9.17) is 0 Å².